The minimum atomic E-state index is -0.502. The number of furan rings is 1. The van der Waals surface area contributed by atoms with Crippen LogP contribution in [0.3, 0.4) is 0 Å². The van der Waals surface area contributed by atoms with Gasteiger partial charge < -0.3 is 4.42 Å². The molecule has 1 aromatic carbocycles. The van der Waals surface area contributed by atoms with Crippen molar-refractivity contribution in [3.8, 4) is 0 Å². The first kappa shape index (κ1) is 16.8. The van der Waals surface area contributed by atoms with E-state index in [9.17, 15) is 14.9 Å². The van der Waals surface area contributed by atoms with Gasteiger partial charge in [0.05, 0.1) is 11.2 Å². The van der Waals surface area contributed by atoms with Crippen LogP contribution in [0.5, 0.6) is 0 Å². The normalized spacial score (nSPS) is 20.4. The molecule has 0 bridgehead atoms. The molecular weight excluding hydrogens is 326 g/mol. The second-order valence-electron chi connectivity index (χ2n) is 5.63. The summed E-state index contributed by atoms with van der Waals surface area (Å²) in [6.45, 7) is 1.73. The maximum Gasteiger partial charge on any atom is 0.269 e. The highest BCUT2D eigenvalue weighted by atomic mass is 16.6. The molecule has 1 amide bonds. The number of benzene rings is 1. The first-order valence-electron chi connectivity index (χ1n) is 7.68. The molecule has 0 saturated carbocycles. The van der Waals surface area contributed by atoms with Crippen LogP contribution < -0.4 is 16.3 Å². The number of hydrogen-bond acceptors (Lipinski definition) is 7. The van der Waals surface area contributed by atoms with Crippen LogP contribution in [0, 0.1) is 10.1 Å². The topological polar surface area (TPSA) is 122 Å². The van der Waals surface area contributed by atoms with Crippen molar-refractivity contribution in [2.45, 2.75) is 25.4 Å². The van der Waals surface area contributed by atoms with Crippen LogP contribution in [0.1, 0.15) is 30.7 Å². The highest BCUT2D eigenvalue weighted by Gasteiger charge is 2.30. The van der Waals surface area contributed by atoms with E-state index in [0.29, 0.717) is 17.9 Å². The molecule has 1 aliphatic rings. The Balaban J connectivity index is 1.61. The first-order valence-corrected chi connectivity index (χ1v) is 7.68. The SMILES string of the molecule is C/C(=N/NC(=O)C1CC(c2cccc([N+](=O)[O-])c2)NN1)c1ccco1. The smallest absolute Gasteiger partial charge is 0.269 e. The predicted molar refractivity (Wildman–Crippen MR) is 89.6 cm³/mol. The van der Waals surface area contributed by atoms with E-state index in [1.807, 2.05) is 0 Å². The Labute approximate surface area is 143 Å². The van der Waals surface area contributed by atoms with Gasteiger partial charge in [-0.2, -0.15) is 5.10 Å². The van der Waals surface area contributed by atoms with Crippen LogP contribution in [0.25, 0.3) is 0 Å². The molecule has 2 unspecified atom stereocenters. The predicted octanol–water partition coefficient (Wildman–Crippen LogP) is 1.64. The molecule has 1 aliphatic heterocycles. The number of rotatable bonds is 5. The summed E-state index contributed by atoms with van der Waals surface area (Å²) in [5, 5.41) is 14.9. The summed E-state index contributed by atoms with van der Waals surface area (Å²) in [5.41, 5.74) is 9.68. The van der Waals surface area contributed by atoms with E-state index >= 15 is 0 Å². The van der Waals surface area contributed by atoms with Gasteiger partial charge in [0.15, 0.2) is 0 Å². The Morgan fingerprint density at radius 2 is 2.20 bits per heavy atom. The lowest BCUT2D eigenvalue weighted by atomic mass is 10.0. The maximum atomic E-state index is 12.2. The summed E-state index contributed by atoms with van der Waals surface area (Å²) in [4.78, 5) is 22.6. The van der Waals surface area contributed by atoms with Crippen molar-refractivity contribution in [3.63, 3.8) is 0 Å². The van der Waals surface area contributed by atoms with Gasteiger partial charge in [-0.15, -0.1) is 0 Å². The van der Waals surface area contributed by atoms with Gasteiger partial charge in [-0.1, -0.05) is 12.1 Å². The largest absolute Gasteiger partial charge is 0.463 e. The number of hydrazine groups is 1. The van der Waals surface area contributed by atoms with Gasteiger partial charge in [0, 0.05) is 18.2 Å². The van der Waals surface area contributed by atoms with Crippen molar-refractivity contribution in [2.75, 3.05) is 0 Å². The molecule has 2 aromatic rings. The van der Waals surface area contributed by atoms with Crippen molar-refractivity contribution < 1.29 is 14.1 Å². The third kappa shape index (κ3) is 3.90. The number of nitro groups is 1. The molecule has 0 radical (unpaired) electrons. The van der Waals surface area contributed by atoms with Crippen LogP contribution in [-0.4, -0.2) is 22.6 Å². The number of nitrogens with one attached hydrogen (secondary N) is 3. The molecule has 0 spiro atoms. The number of hydrazone groups is 1. The second kappa shape index (κ2) is 7.24. The van der Waals surface area contributed by atoms with E-state index in [0.717, 1.165) is 5.56 Å². The average Bonchev–Trinajstić information content (AvgIpc) is 3.31. The van der Waals surface area contributed by atoms with Crippen LogP contribution in [0.2, 0.25) is 0 Å². The van der Waals surface area contributed by atoms with E-state index in [2.05, 4.69) is 21.4 Å². The zero-order chi connectivity index (χ0) is 17.8. The molecule has 130 valence electrons. The van der Waals surface area contributed by atoms with Crippen LogP contribution in [0.15, 0.2) is 52.2 Å². The average molecular weight is 343 g/mol. The molecule has 25 heavy (non-hydrogen) atoms. The number of nitro benzene ring substituents is 1. The molecule has 0 aliphatic carbocycles. The number of carbonyl (C=O) groups is 1. The fourth-order valence-electron chi connectivity index (χ4n) is 2.56. The molecule has 2 heterocycles. The Kier molecular flexibility index (Phi) is 4.87. The van der Waals surface area contributed by atoms with E-state index in [4.69, 9.17) is 4.42 Å². The lowest BCUT2D eigenvalue weighted by Gasteiger charge is -2.09. The molecule has 3 N–H and O–H groups in total. The molecular formula is C16H17N5O4. The molecule has 9 heteroatoms. The van der Waals surface area contributed by atoms with Crippen molar-refractivity contribution in [2.24, 2.45) is 5.10 Å². The van der Waals surface area contributed by atoms with Gasteiger partial charge in [0.1, 0.15) is 17.5 Å². The van der Waals surface area contributed by atoms with Gasteiger partial charge >= 0.3 is 0 Å². The van der Waals surface area contributed by atoms with Gasteiger partial charge in [-0.05, 0) is 31.0 Å². The molecule has 1 aromatic heterocycles. The lowest BCUT2D eigenvalue weighted by molar-refractivity contribution is -0.384. The van der Waals surface area contributed by atoms with Crippen molar-refractivity contribution in [3.05, 3.63) is 64.1 Å². The fraction of sp³-hybridized carbons (Fsp3) is 0.250. The number of hydrogen-bond donors (Lipinski definition) is 3. The highest BCUT2D eigenvalue weighted by molar-refractivity contribution is 5.97. The number of non-ortho nitro benzene ring substituents is 1. The van der Waals surface area contributed by atoms with Gasteiger partial charge in [0.2, 0.25) is 0 Å². The molecule has 9 nitrogen and oxygen atoms in total. The van der Waals surface area contributed by atoms with Crippen LogP contribution in [0.4, 0.5) is 5.69 Å². The summed E-state index contributed by atoms with van der Waals surface area (Å²) in [6, 6.07) is 9.12. The number of nitrogens with zero attached hydrogens (tertiary/aromatic N) is 2. The first-order chi connectivity index (χ1) is 12.0. The number of carbonyl (C=O) groups excluding carboxylic acids is 1. The Morgan fingerprint density at radius 3 is 2.92 bits per heavy atom. The lowest BCUT2D eigenvalue weighted by Crippen LogP contribution is -2.41. The summed E-state index contributed by atoms with van der Waals surface area (Å²) in [7, 11) is 0. The van der Waals surface area contributed by atoms with Crippen LogP contribution >= 0.6 is 0 Å². The third-order valence-electron chi connectivity index (χ3n) is 3.91. The van der Waals surface area contributed by atoms with Gasteiger partial charge in [-0.25, -0.2) is 16.3 Å². The monoisotopic (exact) mass is 343 g/mol. The van der Waals surface area contributed by atoms with Crippen molar-refractivity contribution in [1.82, 2.24) is 16.3 Å². The standard InChI is InChI=1S/C16H17N5O4/c1-10(15-6-3-7-25-15)17-20-16(22)14-9-13(18-19-14)11-4-2-5-12(8-11)21(23)24/h2-8,13-14,18-19H,9H2,1H3,(H,20,22)/b17-10-. The van der Waals surface area contributed by atoms with Gasteiger partial charge in [-0.3, -0.25) is 14.9 Å². The van der Waals surface area contributed by atoms with E-state index in [-0.39, 0.29) is 17.6 Å². The zero-order valence-corrected chi connectivity index (χ0v) is 13.4. The quantitative estimate of drug-likeness (QED) is 0.431. The zero-order valence-electron chi connectivity index (χ0n) is 13.4. The third-order valence-corrected chi connectivity index (χ3v) is 3.91. The molecule has 1 fully saturated rings. The molecule has 2 atom stereocenters. The Bertz CT molecular complexity index is 803. The molecule has 3 rings (SSSR count). The van der Waals surface area contributed by atoms with Crippen molar-refractivity contribution >= 4 is 17.3 Å². The Hall–Kier alpha value is -3.04. The van der Waals surface area contributed by atoms with E-state index in [1.54, 1.807) is 31.2 Å². The summed E-state index contributed by atoms with van der Waals surface area (Å²) in [5.74, 6) is 0.276. The summed E-state index contributed by atoms with van der Waals surface area (Å²) < 4.78 is 5.19. The van der Waals surface area contributed by atoms with Crippen LogP contribution in [-0.2, 0) is 4.79 Å². The maximum absolute atomic E-state index is 12.2. The minimum Gasteiger partial charge on any atom is -0.463 e. The minimum absolute atomic E-state index is 0.0193. The second-order valence-corrected chi connectivity index (χ2v) is 5.63. The number of amides is 1. The summed E-state index contributed by atoms with van der Waals surface area (Å²) >= 11 is 0. The van der Waals surface area contributed by atoms with E-state index < -0.39 is 11.0 Å². The van der Waals surface area contributed by atoms with Gasteiger partial charge in [0.25, 0.3) is 11.6 Å². The summed E-state index contributed by atoms with van der Waals surface area (Å²) in [6.07, 6.45) is 1.98. The fourth-order valence-corrected chi connectivity index (χ4v) is 2.56. The highest BCUT2D eigenvalue weighted by Crippen LogP contribution is 2.25. The Morgan fingerprint density at radius 1 is 1.36 bits per heavy atom. The molecule has 1 saturated heterocycles. The van der Waals surface area contributed by atoms with Crippen molar-refractivity contribution in [1.29, 1.82) is 0 Å². The van der Waals surface area contributed by atoms with E-state index in [1.165, 1.54) is 18.4 Å².